The highest BCUT2D eigenvalue weighted by atomic mass is 35.5. The van der Waals surface area contributed by atoms with Gasteiger partial charge in [0.25, 0.3) is 0 Å². The van der Waals surface area contributed by atoms with Crippen LogP contribution in [-0.2, 0) is 11.2 Å². The summed E-state index contributed by atoms with van der Waals surface area (Å²) in [5, 5.41) is 5.92. The summed E-state index contributed by atoms with van der Waals surface area (Å²) in [6, 6.07) is 11.6. The molecule has 2 aromatic rings. The number of amides is 1. The lowest BCUT2D eigenvalue weighted by molar-refractivity contribution is -0.118. The molecule has 0 spiro atoms. The Hall–Kier alpha value is -1.91. The Balaban J connectivity index is 1.87. The van der Waals surface area contributed by atoms with Gasteiger partial charge in [-0.15, -0.1) is 0 Å². The Labute approximate surface area is 127 Å². The molecule has 1 aliphatic heterocycles. The minimum Gasteiger partial charge on any atom is -0.321 e. The lowest BCUT2D eigenvalue weighted by Gasteiger charge is -2.26. The molecule has 0 fully saturated rings. The Morgan fingerprint density at radius 1 is 1.24 bits per heavy atom. The number of fused-ring (bicyclic) bond motifs is 1. The third kappa shape index (κ3) is 2.77. The van der Waals surface area contributed by atoms with E-state index in [9.17, 15) is 9.18 Å². The van der Waals surface area contributed by atoms with Crippen LogP contribution in [0.15, 0.2) is 42.5 Å². The van der Waals surface area contributed by atoms with E-state index < -0.39 is 11.9 Å². The fraction of sp³-hybridized carbons (Fsp3) is 0.188. The van der Waals surface area contributed by atoms with E-state index in [1.807, 2.05) is 24.3 Å². The van der Waals surface area contributed by atoms with Gasteiger partial charge in [-0.2, -0.15) is 0 Å². The minimum absolute atomic E-state index is 0.0222. The van der Waals surface area contributed by atoms with Crippen LogP contribution in [0.3, 0.4) is 0 Å². The number of carbonyl (C=O) groups is 1. The van der Waals surface area contributed by atoms with Crippen LogP contribution in [0, 0.1) is 5.82 Å². The van der Waals surface area contributed by atoms with Crippen LogP contribution in [-0.4, -0.2) is 12.5 Å². The average Bonchev–Trinajstić information content (AvgIpc) is 2.50. The van der Waals surface area contributed by atoms with Crippen molar-refractivity contribution in [3.63, 3.8) is 0 Å². The smallest absolute Gasteiger partial charge is 0.246 e. The van der Waals surface area contributed by atoms with E-state index in [4.69, 9.17) is 11.6 Å². The van der Waals surface area contributed by atoms with Crippen LogP contribution >= 0.6 is 11.6 Å². The van der Waals surface area contributed by atoms with Gasteiger partial charge >= 0.3 is 0 Å². The summed E-state index contributed by atoms with van der Waals surface area (Å²) in [6.45, 7) is 0.708. The van der Waals surface area contributed by atoms with Crippen LogP contribution in [0.25, 0.3) is 0 Å². The van der Waals surface area contributed by atoms with E-state index in [2.05, 4.69) is 10.6 Å². The molecule has 5 heteroatoms. The molecule has 2 aromatic carbocycles. The number of anilines is 1. The van der Waals surface area contributed by atoms with Gasteiger partial charge in [0, 0.05) is 6.54 Å². The van der Waals surface area contributed by atoms with E-state index >= 15 is 0 Å². The van der Waals surface area contributed by atoms with E-state index in [1.54, 1.807) is 6.07 Å². The molecule has 0 aromatic heterocycles. The van der Waals surface area contributed by atoms with Gasteiger partial charge in [0.2, 0.25) is 5.91 Å². The molecular formula is C16H14ClFN2O. The third-order valence-corrected chi connectivity index (χ3v) is 3.90. The molecule has 0 saturated heterocycles. The zero-order valence-electron chi connectivity index (χ0n) is 11.2. The SMILES string of the molecule is O=C(Nc1c(F)cccc1Cl)[C@H]1NCCc2ccccc21. The maximum atomic E-state index is 13.8. The molecule has 0 unspecified atom stereocenters. The van der Waals surface area contributed by atoms with Crippen molar-refractivity contribution in [2.24, 2.45) is 0 Å². The third-order valence-electron chi connectivity index (χ3n) is 3.58. The number of hydrogen-bond donors (Lipinski definition) is 2. The van der Waals surface area contributed by atoms with Crippen LogP contribution in [0.1, 0.15) is 17.2 Å². The standard InChI is InChI=1S/C16H14ClFN2O/c17-12-6-3-7-13(18)15(12)20-16(21)14-11-5-2-1-4-10(11)8-9-19-14/h1-7,14,19H,8-9H2,(H,20,21)/t14-/m0/s1. The van der Waals surface area contributed by atoms with Gasteiger partial charge in [-0.25, -0.2) is 4.39 Å². The first-order chi connectivity index (χ1) is 10.2. The molecular weight excluding hydrogens is 291 g/mol. The van der Waals surface area contributed by atoms with Crippen LogP contribution in [0.5, 0.6) is 0 Å². The van der Waals surface area contributed by atoms with Crippen LogP contribution in [0.2, 0.25) is 5.02 Å². The lowest BCUT2D eigenvalue weighted by Crippen LogP contribution is -2.38. The van der Waals surface area contributed by atoms with Crippen molar-refractivity contribution in [1.29, 1.82) is 0 Å². The van der Waals surface area contributed by atoms with Crippen LogP contribution < -0.4 is 10.6 Å². The van der Waals surface area contributed by atoms with Crippen molar-refractivity contribution in [1.82, 2.24) is 5.32 Å². The van der Waals surface area contributed by atoms with Crippen molar-refractivity contribution in [3.05, 3.63) is 64.4 Å². The highest BCUT2D eigenvalue weighted by Gasteiger charge is 2.26. The average molecular weight is 305 g/mol. The molecule has 3 rings (SSSR count). The van der Waals surface area contributed by atoms with Crippen molar-refractivity contribution in [2.45, 2.75) is 12.5 Å². The van der Waals surface area contributed by atoms with Gasteiger partial charge in [-0.3, -0.25) is 4.79 Å². The fourth-order valence-corrected chi connectivity index (χ4v) is 2.76. The summed E-state index contributed by atoms with van der Waals surface area (Å²) in [5.41, 5.74) is 2.08. The maximum absolute atomic E-state index is 13.8. The van der Waals surface area contributed by atoms with Crippen molar-refractivity contribution >= 4 is 23.2 Å². The zero-order valence-corrected chi connectivity index (χ0v) is 12.0. The minimum atomic E-state index is -0.542. The quantitative estimate of drug-likeness (QED) is 0.894. The van der Waals surface area contributed by atoms with Gasteiger partial charge in [0.1, 0.15) is 11.9 Å². The largest absolute Gasteiger partial charge is 0.321 e. The molecule has 1 aliphatic rings. The Bertz CT molecular complexity index is 669. The van der Waals surface area contributed by atoms with Gasteiger partial charge in [-0.05, 0) is 29.7 Å². The van der Waals surface area contributed by atoms with Gasteiger partial charge in [0.15, 0.2) is 0 Å². The molecule has 1 heterocycles. The zero-order chi connectivity index (χ0) is 14.8. The second kappa shape index (κ2) is 5.84. The molecule has 108 valence electrons. The maximum Gasteiger partial charge on any atom is 0.246 e. The monoisotopic (exact) mass is 304 g/mol. The molecule has 0 bridgehead atoms. The van der Waals surface area contributed by atoms with E-state index in [0.29, 0.717) is 6.54 Å². The normalized spacial score (nSPS) is 17.1. The number of halogens is 2. The molecule has 0 radical (unpaired) electrons. The fourth-order valence-electron chi connectivity index (χ4n) is 2.55. The first-order valence-electron chi connectivity index (χ1n) is 6.73. The van der Waals surface area contributed by atoms with Crippen LogP contribution in [0.4, 0.5) is 10.1 Å². The molecule has 21 heavy (non-hydrogen) atoms. The Kier molecular flexibility index (Phi) is 3.90. The van der Waals surface area contributed by atoms with Gasteiger partial charge < -0.3 is 10.6 Å². The first-order valence-corrected chi connectivity index (χ1v) is 7.10. The number of hydrogen-bond acceptors (Lipinski definition) is 2. The molecule has 1 atom stereocenters. The second-order valence-corrected chi connectivity index (χ2v) is 5.33. The van der Waals surface area contributed by atoms with Crippen molar-refractivity contribution in [3.8, 4) is 0 Å². The number of nitrogens with one attached hydrogen (secondary N) is 2. The summed E-state index contributed by atoms with van der Waals surface area (Å²) in [5.74, 6) is -0.853. The molecule has 1 amide bonds. The Morgan fingerprint density at radius 3 is 2.86 bits per heavy atom. The van der Waals surface area contributed by atoms with Gasteiger partial charge in [0.05, 0.1) is 10.7 Å². The highest BCUT2D eigenvalue weighted by Crippen LogP contribution is 2.28. The highest BCUT2D eigenvalue weighted by molar-refractivity contribution is 6.33. The van der Waals surface area contributed by atoms with Crippen molar-refractivity contribution < 1.29 is 9.18 Å². The van der Waals surface area contributed by atoms with Gasteiger partial charge in [-0.1, -0.05) is 41.9 Å². The molecule has 2 N–H and O–H groups in total. The second-order valence-electron chi connectivity index (χ2n) is 4.92. The van der Waals surface area contributed by atoms with Crippen molar-refractivity contribution in [2.75, 3.05) is 11.9 Å². The number of para-hydroxylation sites is 1. The number of benzene rings is 2. The molecule has 0 saturated carbocycles. The van der Waals surface area contributed by atoms with E-state index in [1.165, 1.54) is 12.1 Å². The summed E-state index contributed by atoms with van der Waals surface area (Å²) in [7, 11) is 0. The molecule has 0 aliphatic carbocycles. The summed E-state index contributed by atoms with van der Waals surface area (Å²) in [4.78, 5) is 12.4. The molecule has 3 nitrogen and oxygen atoms in total. The van der Waals surface area contributed by atoms with E-state index in [0.717, 1.165) is 17.5 Å². The lowest BCUT2D eigenvalue weighted by atomic mass is 9.94. The predicted octanol–water partition coefficient (Wildman–Crippen LogP) is 3.30. The first kappa shape index (κ1) is 14.0. The number of carbonyl (C=O) groups excluding carboxylic acids is 1. The summed E-state index contributed by atoms with van der Waals surface area (Å²) >= 11 is 5.94. The topological polar surface area (TPSA) is 41.1 Å². The predicted molar refractivity (Wildman–Crippen MR) is 80.9 cm³/mol. The summed E-state index contributed by atoms with van der Waals surface area (Å²) < 4.78 is 13.8. The number of rotatable bonds is 2. The summed E-state index contributed by atoms with van der Waals surface area (Å²) in [6.07, 6.45) is 0.875. The van der Waals surface area contributed by atoms with E-state index in [-0.39, 0.29) is 16.6 Å². The Morgan fingerprint density at radius 2 is 2.05 bits per heavy atom.